The second kappa shape index (κ2) is 4.96. The Hall–Kier alpha value is -1.97. The van der Waals surface area contributed by atoms with E-state index in [1.54, 1.807) is 0 Å². The number of rotatable bonds is 2. The Morgan fingerprint density at radius 3 is 2.63 bits per heavy atom. The van der Waals surface area contributed by atoms with Crippen molar-refractivity contribution in [3.8, 4) is 11.1 Å². The maximum Gasteiger partial charge on any atom is 0.0568 e. The average Bonchev–Trinajstić information content (AvgIpc) is 2.87. The van der Waals surface area contributed by atoms with E-state index >= 15 is 0 Å². The predicted molar refractivity (Wildman–Crippen MR) is 79.1 cm³/mol. The number of hydrogen-bond donors (Lipinski definition) is 1. The highest BCUT2D eigenvalue weighted by molar-refractivity contribution is 5.79. The number of piperidine rings is 1. The third-order valence-corrected chi connectivity index (χ3v) is 3.77. The van der Waals surface area contributed by atoms with Gasteiger partial charge in [-0.15, -0.1) is 0 Å². The number of aromatic nitrogens is 2. The molecule has 0 atom stereocenters. The molecule has 19 heavy (non-hydrogen) atoms. The van der Waals surface area contributed by atoms with Gasteiger partial charge in [0.1, 0.15) is 0 Å². The zero-order valence-electron chi connectivity index (χ0n) is 11.3. The highest BCUT2D eigenvalue weighted by atomic mass is 15.2. The fourth-order valence-corrected chi connectivity index (χ4v) is 2.70. The van der Waals surface area contributed by atoms with Crippen LogP contribution in [0.2, 0.25) is 0 Å². The highest BCUT2D eigenvalue weighted by Crippen LogP contribution is 2.31. The van der Waals surface area contributed by atoms with Crippen LogP contribution in [0.3, 0.4) is 0 Å². The lowest BCUT2D eigenvalue weighted by Gasteiger charge is -2.29. The van der Waals surface area contributed by atoms with Crippen molar-refractivity contribution in [1.82, 2.24) is 9.78 Å². The summed E-state index contributed by atoms with van der Waals surface area (Å²) in [6.45, 7) is 2.30. The molecule has 1 aliphatic rings. The lowest BCUT2D eigenvalue weighted by atomic mass is 10.0. The molecule has 1 fully saturated rings. The third kappa shape index (κ3) is 2.43. The van der Waals surface area contributed by atoms with Gasteiger partial charge in [0, 0.05) is 48.8 Å². The largest absolute Gasteiger partial charge is 0.398 e. The summed E-state index contributed by atoms with van der Waals surface area (Å²) in [7, 11) is 1.92. The number of hydrogen-bond acceptors (Lipinski definition) is 3. The van der Waals surface area contributed by atoms with E-state index in [4.69, 9.17) is 5.73 Å². The van der Waals surface area contributed by atoms with Crippen LogP contribution in [0.25, 0.3) is 11.1 Å². The normalized spacial score (nSPS) is 15.7. The SMILES string of the molecule is Cn1cc(-c2cc(N3CCCCC3)ccc2N)cn1. The van der Waals surface area contributed by atoms with Gasteiger partial charge >= 0.3 is 0 Å². The molecule has 1 saturated heterocycles. The first kappa shape index (κ1) is 12.1. The second-order valence-electron chi connectivity index (χ2n) is 5.22. The van der Waals surface area contributed by atoms with Crippen LogP contribution in [0.5, 0.6) is 0 Å². The van der Waals surface area contributed by atoms with Gasteiger partial charge in [-0.3, -0.25) is 4.68 Å². The summed E-state index contributed by atoms with van der Waals surface area (Å²) in [6.07, 6.45) is 7.79. The van der Waals surface area contributed by atoms with Gasteiger partial charge in [-0.2, -0.15) is 5.10 Å². The van der Waals surface area contributed by atoms with E-state index in [1.807, 2.05) is 30.2 Å². The maximum atomic E-state index is 6.10. The molecule has 2 aromatic rings. The summed E-state index contributed by atoms with van der Waals surface area (Å²) in [5, 5.41) is 4.22. The van der Waals surface area contributed by atoms with Crippen molar-refractivity contribution in [2.45, 2.75) is 19.3 Å². The van der Waals surface area contributed by atoms with Crippen molar-refractivity contribution in [1.29, 1.82) is 0 Å². The number of nitrogens with zero attached hydrogens (tertiary/aromatic N) is 3. The summed E-state index contributed by atoms with van der Waals surface area (Å²) in [6, 6.07) is 6.32. The Balaban J connectivity index is 1.95. The molecule has 0 spiro atoms. The molecule has 1 aliphatic heterocycles. The first-order chi connectivity index (χ1) is 9.24. The molecule has 2 N–H and O–H groups in total. The zero-order valence-corrected chi connectivity index (χ0v) is 11.3. The van der Waals surface area contributed by atoms with Crippen LogP contribution >= 0.6 is 0 Å². The van der Waals surface area contributed by atoms with E-state index < -0.39 is 0 Å². The van der Waals surface area contributed by atoms with Crippen molar-refractivity contribution in [3.63, 3.8) is 0 Å². The summed E-state index contributed by atoms with van der Waals surface area (Å²) in [4.78, 5) is 2.45. The van der Waals surface area contributed by atoms with Gasteiger partial charge < -0.3 is 10.6 Å². The molecule has 4 heteroatoms. The van der Waals surface area contributed by atoms with Gasteiger partial charge in [0.25, 0.3) is 0 Å². The zero-order chi connectivity index (χ0) is 13.2. The molecule has 1 aromatic heterocycles. The van der Waals surface area contributed by atoms with Crippen molar-refractivity contribution in [2.24, 2.45) is 7.05 Å². The lowest BCUT2D eigenvalue weighted by Crippen LogP contribution is -2.29. The maximum absolute atomic E-state index is 6.10. The molecule has 0 saturated carbocycles. The highest BCUT2D eigenvalue weighted by Gasteiger charge is 2.13. The first-order valence-corrected chi connectivity index (χ1v) is 6.87. The standard InChI is InChI=1S/C15H20N4/c1-18-11-12(10-17-18)14-9-13(5-6-15(14)16)19-7-3-2-4-8-19/h5-6,9-11H,2-4,7-8,16H2,1H3. The van der Waals surface area contributed by atoms with E-state index in [2.05, 4.69) is 22.1 Å². The average molecular weight is 256 g/mol. The minimum atomic E-state index is 0.814. The number of nitrogens with two attached hydrogens (primary N) is 1. The van der Waals surface area contributed by atoms with Crippen LogP contribution in [-0.4, -0.2) is 22.9 Å². The van der Waals surface area contributed by atoms with Crippen molar-refractivity contribution in [2.75, 3.05) is 23.7 Å². The van der Waals surface area contributed by atoms with E-state index in [1.165, 1.54) is 24.9 Å². The molecule has 0 amide bonds. The molecular formula is C15H20N4. The van der Waals surface area contributed by atoms with E-state index in [9.17, 15) is 0 Å². The van der Waals surface area contributed by atoms with Crippen molar-refractivity contribution < 1.29 is 0 Å². The van der Waals surface area contributed by atoms with Crippen molar-refractivity contribution >= 4 is 11.4 Å². The Morgan fingerprint density at radius 1 is 1.16 bits per heavy atom. The van der Waals surface area contributed by atoms with Crippen molar-refractivity contribution in [3.05, 3.63) is 30.6 Å². The molecule has 2 heterocycles. The molecule has 0 radical (unpaired) electrons. The number of anilines is 2. The van der Waals surface area contributed by atoms with Gasteiger partial charge in [-0.1, -0.05) is 0 Å². The lowest BCUT2D eigenvalue weighted by molar-refractivity contribution is 0.578. The molecule has 0 aliphatic carbocycles. The van der Waals surface area contributed by atoms with Crippen LogP contribution < -0.4 is 10.6 Å². The molecule has 4 nitrogen and oxygen atoms in total. The molecule has 3 rings (SSSR count). The van der Waals surface area contributed by atoms with Crippen LogP contribution in [0.15, 0.2) is 30.6 Å². The molecular weight excluding hydrogens is 236 g/mol. The minimum absolute atomic E-state index is 0.814. The monoisotopic (exact) mass is 256 g/mol. The van der Waals surface area contributed by atoms with E-state index in [-0.39, 0.29) is 0 Å². The summed E-state index contributed by atoms with van der Waals surface area (Å²) >= 11 is 0. The van der Waals surface area contributed by atoms with Gasteiger partial charge in [0.15, 0.2) is 0 Å². The van der Waals surface area contributed by atoms with E-state index in [0.717, 1.165) is 29.9 Å². The molecule has 100 valence electrons. The van der Waals surface area contributed by atoms with Crippen LogP contribution in [0, 0.1) is 0 Å². The Kier molecular flexibility index (Phi) is 3.15. The van der Waals surface area contributed by atoms with Gasteiger partial charge in [0.2, 0.25) is 0 Å². The fraction of sp³-hybridized carbons (Fsp3) is 0.400. The van der Waals surface area contributed by atoms with E-state index in [0.29, 0.717) is 0 Å². The summed E-state index contributed by atoms with van der Waals surface area (Å²) in [5.41, 5.74) is 10.4. The molecule has 0 bridgehead atoms. The summed E-state index contributed by atoms with van der Waals surface area (Å²) < 4.78 is 1.81. The summed E-state index contributed by atoms with van der Waals surface area (Å²) in [5.74, 6) is 0. The number of nitrogen functional groups attached to an aromatic ring is 1. The van der Waals surface area contributed by atoms with Gasteiger partial charge in [-0.05, 0) is 37.5 Å². The predicted octanol–water partition coefficient (Wildman–Crippen LogP) is 2.66. The molecule has 0 unspecified atom stereocenters. The minimum Gasteiger partial charge on any atom is -0.398 e. The van der Waals surface area contributed by atoms with Crippen LogP contribution in [0.4, 0.5) is 11.4 Å². The number of benzene rings is 1. The molecule has 1 aromatic carbocycles. The Labute approximate surface area is 113 Å². The van der Waals surface area contributed by atoms with Gasteiger partial charge in [0.05, 0.1) is 6.20 Å². The van der Waals surface area contributed by atoms with Crippen LogP contribution in [0.1, 0.15) is 19.3 Å². The Morgan fingerprint density at radius 2 is 1.95 bits per heavy atom. The second-order valence-corrected chi connectivity index (χ2v) is 5.22. The smallest absolute Gasteiger partial charge is 0.0568 e. The quantitative estimate of drug-likeness (QED) is 0.840. The first-order valence-electron chi connectivity index (χ1n) is 6.87. The third-order valence-electron chi connectivity index (χ3n) is 3.77. The number of aryl methyl sites for hydroxylation is 1. The van der Waals surface area contributed by atoms with Crippen LogP contribution in [-0.2, 0) is 7.05 Å². The van der Waals surface area contributed by atoms with Gasteiger partial charge in [-0.25, -0.2) is 0 Å². The fourth-order valence-electron chi connectivity index (χ4n) is 2.70. The topological polar surface area (TPSA) is 47.1 Å². The Bertz CT molecular complexity index is 567.